The number of methoxy groups -OCH3 is 1. The Kier molecular flexibility index (Phi) is 5.31. The second-order valence-corrected chi connectivity index (χ2v) is 5.16. The molecule has 0 aromatic heterocycles. The first kappa shape index (κ1) is 15.5. The van der Waals surface area contributed by atoms with Gasteiger partial charge in [0, 0.05) is 16.6 Å². The van der Waals surface area contributed by atoms with Gasteiger partial charge in [0.2, 0.25) is 0 Å². The van der Waals surface area contributed by atoms with Gasteiger partial charge in [-0.05, 0) is 35.9 Å². The van der Waals surface area contributed by atoms with E-state index in [1.165, 1.54) is 7.11 Å². The summed E-state index contributed by atoms with van der Waals surface area (Å²) in [7, 11) is 1.53. The average molecular weight is 325 g/mol. The summed E-state index contributed by atoms with van der Waals surface area (Å²) in [6.45, 7) is 0.370. The van der Waals surface area contributed by atoms with E-state index in [-0.39, 0.29) is 6.03 Å². The lowest BCUT2D eigenvalue weighted by atomic mass is 10.2. The monoisotopic (exact) mass is 324 g/mol. The van der Waals surface area contributed by atoms with E-state index in [2.05, 4.69) is 10.6 Å². The fourth-order valence-electron chi connectivity index (χ4n) is 1.77. The van der Waals surface area contributed by atoms with Gasteiger partial charge >= 0.3 is 6.03 Å². The minimum absolute atomic E-state index is 0.351. The zero-order valence-corrected chi connectivity index (χ0v) is 12.8. The summed E-state index contributed by atoms with van der Waals surface area (Å²) in [4.78, 5) is 11.9. The van der Waals surface area contributed by atoms with Gasteiger partial charge in [-0.2, -0.15) is 0 Å². The Hall–Kier alpha value is -1.91. The molecule has 0 fully saturated rings. The van der Waals surface area contributed by atoms with Gasteiger partial charge in [-0.1, -0.05) is 35.3 Å². The molecule has 0 atom stereocenters. The maximum Gasteiger partial charge on any atom is 0.319 e. The van der Waals surface area contributed by atoms with E-state index in [1.54, 1.807) is 30.3 Å². The topological polar surface area (TPSA) is 50.4 Å². The molecular weight excluding hydrogens is 311 g/mol. The predicted octanol–water partition coefficient (Wildman–Crippen LogP) is 4.32. The van der Waals surface area contributed by atoms with Gasteiger partial charge in [0.15, 0.2) is 0 Å². The lowest BCUT2D eigenvalue weighted by Crippen LogP contribution is -2.28. The van der Waals surface area contributed by atoms with E-state index in [0.29, 0.717) is 28.0 Å². The molecule has 0 aliphatic rings. The van der Waals surface area contributed by atoms with E-state index in [0.717, 1.165) is 5.56 Å². The number of anilines is 1. The van der Waals surface area contributed by atoms with Crippen LogP contribution < -0.4 is 15.4 Å². The molecule has 2 aromatic carbocycles. The van der Waals surface area contributed by atoms with Crippen LogP contribution in [0, 0.1) is 0 Å². The van der Waals surface area contributed by atoms with Crippen LogP contribution in [0.1, 0.15) is 5.56 Å². The smallest absolute Gasteiger partial charge is 0.319 e. The number of urea groups is 1. The normalized spacial score (nSPS) is 10.0. The number of ether oxygens (including phenoxy) is 1. The highest BCUT2D eigenvalue weighted by Crippen LogP contribution is 2.27. The van der Waals surface area contributed by atoms with Gasteiger partial charge in [0.1, 0.15) is 5.75 Å². The first-order valence-electron chi connectivity index (χ1n) is 6.21. The fraction of sp³-hybridized carbons (Fsp3) is 0.133. The second kappa shape index (κ2) is 7.20. The summed E-state index contributed by atoms with van der Waals surface area (Å²) < 4.78 is 5.16. The number of carbonyl (C=O) groups excluding carboxylic acids is 1. The Balaban J connectivity index is 1.97. The number of hydrogen-bond donors (Lipinski definition) is 2. The highest BCUT2D eigenvalue weighted by atomic mass is 35.5. The van der Waals surface area contributed by atoms with Gasteiger partial charge in [-0.3, -0.25) is 0 Å². The summed E-state index contributed by atoms with van der Waals surface area (Å²) in [5.74, 6) is 0.539. The number of benzene rings is 2. The Morgan fingerprint density at radius 3 is 2.62 bits per heavy atom. The van der Waals surface area contributed by atoms with Crippen molar-refractivity contribution < 1.29 is 9.53 Å². The zero-order chi connectivity index (χ0) is 15.2. The van der Waals surface area contributed by atoms with Crippen LogP contribution in [0.4, 0.5) is 10.5 Å². The van der Waals surface area contributed by atoms with Crippen molar-refractivity contribution in [2.75, 3.05) is 12.4 Å². The molecule has 0 saturated heterocycles. The van der Waals surface area contributed by atoms with E-state index in [9.17, 15) is 4.79 Å². The zero-order valence-electron chi connectivity index (χ0n) is 11.3. The van der Waals surface area contributed by atoms with Crippen molar-refractivity contribution in [1.82, 2.24) is 5.32 Å². The minimum atomic E-state index is -0.351. The van der Waals surface area contributed by atoms with Crippen LogP contribution in [0.2, 0.25) is 10.0 Å². The first-order valence-corrected chi connectivity index (χ1v) is 6.97. The van der Waals surface area contributed by atoms with E-state index in [1.807, 2.05) is 12.1 Å². The third kappa shape index (κ3) is 4.55. The van der Waals surface area contributed by atoms with Gasteiger partial charge < -0.3 is 15.4 Å². The molecule has 0 saturated carbocycles. The molecule has 0 spiro atoms. The number of halogens is 2. The Bertz CT molecular complexity index is 647. The molecule has 0 unspecified atom stereocenters. The summed E-state index contributed by atoms with van der Waals surface area (Å²) >= 11 is 11.8. The molecule has 0 radical (unpaired) electrons. The lowest BCUT2D eigenvalue weighted by molar-refractivity contribution is 0.251. The molecule has 2 aromatic rings. The number of carbonyl (C=O) groups is 1. The van der Waals surface area contributed by atoms with Crippen molar-refractivity contribution in [2.24, 2.45) is 0 Å². The van der Waals surface area contributed by atoms with Crippen molar-refractivity contribution in [2.45, 2.75) is 6.54 Å². The molecule has 2 rings (SSSR count). The largest absolute Gasteiger partial charge is 0.495 e. The van der Waals surface area contributed by atoms with Crippen LogP contribution in [0.5, 0.6) is 5.75 Å². The average Bonchev–Trinajstić information content (AvgIpc) is 2.45. The molecule has 110 valence electrons. The predicted molar refractivity (Wildman–Crippen MR) is 85.3 cm³/mol. The quantitative estimate of drug-likeness (QED) is 0.879. The van der Waals surface area contributed by atoms with Crippen LogP contribution in [-0.2, 0) is 6.54 Å². The number of hydrogen-bond acceptors (Lipinski definition) is 2. The summed E-state index contributed by atoms with van der Waals surface area (Å²) in [6, 6.07) is 11.9. The van der Waals surface area contributed by atoms with Gasteiger partial charge in [0.05, 0.1) is 12.8 Å². The number of nitrogens with one attached hydrogen (secondary N) is 2. The molecule has 0 aliphatic carbocycles. The standard InChI is InChI=1S/C15H14Cl2N2O2/c1-21-14-6-5-12(17)8-13(14)19-15(20)18-9-10-3-2-4-11(16)7-10/h2-8H,9H2,1H3,(H2,18,19,20). The molecule has 21 heavy (non-hydrogen) atoms. The Labute approximate surface area is 133 Å². The molecule has 0 heterocycles. The van der Waals surface area contributed by atoms with E-state index >= 15 is 0 Å². The molecule has 0 bridgehead atoms. The highest BCUT2D eigenvalue weighted by Gasteiger charge is 2.08. The van der Waals surface area contributed by atoms with E-state index < -0.39 is 0 Å². The van der Waals surface area contributed by atoms with Crippen molar-refractivity contribution in [3.8, 4) is 5.75 Å². The molecule has 2 amide bonds. The first-order chi connectivity index (χ1) is 10.1. The lowest BCUT2D eigenvalue weighted by Gasteiger charge is -2.11. The van der Waals surface area contributed by atoms with Gasteiger partial charge in [0.25, 0.3) is 0 Å². The van der Waals surface area contributed by atoms with Crippen molar-refractivity contribution >= 4 is 34.9 Å². The molecule has 2 N–H and O–H groups in total. The minimum Gasteiger partial charge on any atom is -0.495 e. The summed E-state index contributed by atoms with van der Waals surface area (Å²) in [5.41, 5.74) is 1.42. The molecule has 0 aliphatic heterocycles. The maximum atomic E-state index is 11.9. The molecular formula is C15H14Cl2N2O2. The molecule has 6 heteroatoms. The van der Waals surface area contributed by atoms with Crippen LogP contribution in [0.3, 0.4) is 0 Å². The maximum absolute atomic E-state index is 11.9. The summed E-state index contributed by atoms with van der Waals surface area (Å²) in [5, 5.41) is 6.58. The SMILES string of the molecule is COc1ccc(Cl)cc1NC(=O)NCc1cccc(Cl)c1. The third-order valence-corrected chi connectivity index (χ3v) is 3.22. The van der Waals surface area contributed by atoms with Crippen molar-refractivity contribution in [1.29, 1.82) is 0 Å². The number of amides is 2. The Morgan fingerprint density at radius 1 is 1.14 bits per heavy atom. The van der Waals surface area contributed by atoms with Gasteiger partial charge in [-0.15, -0.1) is 0 Å². The van der Waals surface area contributed by atoms with Crippen LogP contribution in [0.25, 0.3) is 0 Å². The third-order valence-electron chi connectivity index (χ3n) is 2.75. The summed E-state index contributed by atoms with van der Waals surface area (Å²) in [6.07, 6.45) is 0. The fourth-order valence-corrected chi connectivity index (χ4v) is 2.16. The van der Waals surface area contributed by atoms with Crippen molar-refractivity contribution in [3.05, 3.63) is 58.1 Å². The second-order valence-electron chi connectivity index (χ2n) is 4.28. The highest BCUT2D eigenvalue weighted by molar-refractivity contribution is 6.31. The number of rotatable bonds is 4. The van der Waals surface area contributed by atoms with Gasteiger partial charge in [-0.25, -0.2) is 4.79 Å². The van der Waals surface area contributed by atoms with E-state index in [4.69, 9.17) is 27.9 Å². The van der Waals surface area contributed by atoms with Crippen LogP contribution in [0.15, 0.2) is 42.5 Å². The Morgan fingerprint density at radius 2 is 1.90 bits per heavy atom. The van der Waals surface area contributed by atoms with Crippen molar-refractivity contribution in [3.63, 3.8) is 0 Å². The van der Waals surface area contributed by atoms with Crippen LogP contribution in [-0.4, -0.2) is 13.1 Å². The van der Waals surface area contributed by atoms with Crippen LogP contribution >= 0.6 is 23.2 Å². The molecule has 4 nitrogen and oxygen atoms in total.